The lowest BCUT2D eigenvalue weighted by molar-refractivity contribution is -0.274. The van der Waals surface area contributed by atoms with Gasteiger partial charge < -0.3 is 20.5 Å². The van der Waals surface area contributed by atoms with Crippen molar-refractivity contribution in [1.29, 1.82) is 0 Å². The molecule has 0 heterocycles. The fraction of sp³-hybridized carbons (Fsp3) is 0.562. The Balaban J connectivity index is 0.00000312. The quantitative estimate of drug-likeness (QED) is 0.355. The summed E-state index contributed by atoms with van der Waals surface area (Å²) in [4.78, 5) is 4.36. The molecule has 9 heteroatoms. The SMILES string of the molecule is COCCC1(CN=C(N)Nc2ccc(OC(F)(F)F)cc2)CCC1.I. The minimum atomic E-state index is -4.70. The Labute approximate surface area is 162 Å². The van der Waals surface area contributed by atoms with Crippen LogP contribution in [0.4, 0.5) is 18.9 Å². The molecule has 0 bridgehead atoms. The maximum Gasteiger partial charge on any atom is 0.573 e. The third-order valence-electron chi connectivity index (χ3n) is 4.20. The number of ether oxygens (including phenoxy) is 2. The van der Waals surface area contributed by atoms with Gasteiger partial charge >= 0.3 is 6.36 Å². The molecule has 0 spiro atoms. The Kier molecular flexibility index (Phi) is 8.26. The van der Waals surface area contributed by atoms with Crippen molar-refractivity contribution in [2.45, 2.75) is 32.0 Å². The molecule has 0 aromatic heterocycles. The van der Waals surface area contributed by atoms with Crippen molar-refractivity contribution < 1.29 is 22.6 Å². The van der Waals surface area contributed by atoms with Crippen molar-refractivity contribution in [3.63, 3.8) is 0 Å². The summed E-state index contributed by atoms with van der Waals surface area (Å²) in [5.41, 5.74) is 6.56. The first-order valence-electron chi connectivity index (χ1n) is 7.74. The predicted octanol–water partition coefficient (Wildman–Crippen LogP) is 4.14. The minimum absolute atomic E-state index is 0. The number of benzene rings is 1. The van der Waals surface area contributed by atoms with Crippen molar-refractivity contribution in [2.24, 2.45) is 16.1 Å². The molecular formula is C16H23F3IN3O2. The van der Waals surface area contributed by atoms with E-state index in [0.717, 1.165) is 19.3 Å². The zero-order valence-corrected chi connectivity index (χ0v) is 16.3. The number of anilines is 1. The molecule has 142 valence electrons. The summed E-state index contributed by atoms with van der Waals surface area (Å²) in [6, 6.07) is 5.34. The van der Waals surface area contributed by atoms with Crippen molar-refractivity contribution >= 4 is 35.6 Å². The third-order valence-corrected chi connectivity index (χ3v) is 4.20. The topological polar surface area (TPSA) is 68.9 Å². The van der Waals surface area contributed by atoms with Gasteiger partial charge in [0.25, 0.3) is 0 Å². The molecule has 25 heavy (non-hydrogen) atoms. The zero-order chi connectivity index (χ0) is 17.6. The van der Waals surface area contributed by atoms with E-state index in [1.165, 1.54) is 30.7 Å². The highest BCUT2D eigenvalue weighted by Gasteiger charge is 2.36. The average molecular weight is 473 g/mol. The van der Waals surface area contributed by atoms with E-state index in [1.54, 1.807) is 7.11 Å². The van der Waals surface area contributed by atoms with E-state index in [0.29, 0.717) is 18.8 Å². The standard InChI is InChI=1S/C16H22F3N3O2.HI/c1-23-10-9-15(7-2-8-15)11-21-14(20)22-12-3-5-13(6-4-12)24-16(17,18)19;/h3-6H,2,7-11H2,1H3,(H3,20,21,22);1H. The monoisotopic (exact) mass is 473 g/mol. The van der Waals surface area contributed by atoms with Gasteiger partial charge in [0.2, 0.25) is 0 Å². The van der Waals surface area contributed by atoms with Crippen LogP contribution in [0, 0.1) is 5.41 Å². The number of rotatable bonds is 7. The molecule has 1 fully saturated rings. The number of nitrogens with two attached hydrogens (primary N) is 1. The Morgan fingerprint density at radius 2 is 1.92 bits per heavy atom. The van der Waals surface area contributed by atoms with Gasteiger partial charge in [-0.15, -0.1) is 37.1 Å². The summed E-state index contributed by atoms with van der Waals surface area (Å²) < 4.78 is 45.3. The number of halogens is 4. The molecule has 1 saturated carbocycles. The van der Waals surface area contributed by atoms with E-state index in [2.05, 4.69) is 15.0 Å². The van der Waals surface area contributed by atoms with Crippen molar-refractivity contribution in [2.75, 3.05) is 25.6 Å². The molecule has 0 unspecified atom stereocenters. The molecule has 1 aliphatic rings. The second-order valence-electron chi connectivity index (χ2n) is 6.00. The zero-order valence-electron chi connectivity index (χ0n) is 13.9. The summed E-state index contributed by atoms with van der Waals surface area (Å²) in [5.74, 6) is -0.0419. The van der Waals surface area contributed by atoms with E-state index in [9.17, 15) is 13.2 Å². The molecule has 0 amide bonds. The van der Waals surface area contributed by atoms with Crippen LogP contribution in [-0.2, 0) is 4.74 Å². The van der Waals surface area contributed by atoms with Crippen LogP contribution in [0.5, 0.6) is 5.75 Å². The van der Waals surface area contributed by atoms with E-state index in [-0.39, 0.29) is 41.1 Å². The maximum absolute atomic E-state index is 12.1. The molecule has 0 saturated heterocycles. The molecule has 1 aromatic carbocycles. The Morgan fingerprint density at radius 1 is 1.28 bits per heavy atom. The van der Waals surface area contributed by atoms with E-state index >= 15 is 0 Å². The van der Waals surface area contributed by atoms with Gasteiger partial charge in [-0.3, -0.25) is 4.99 Å². The molecule has 5 nitrogen and oxygen atoms in total. The molecule has 0 atom stereocenters. The number of nitrogens with one attached hydrogen (secondary N) is 1. The number of guanidine groups is 1. The molecule has 1 aliphatic carbocycles. The van der Waals surface area contributed by atoms with Gasteiger partial charge in [0.1, 0.15) is 5.75 Å². The van der Waals surface area contributed by atoms with Gasteiger partial charge in [-0.2, -0.15) is 0 Å². The minimum Gasteiger partial charge on any atom is -0.406 e. The summed E-state index contributed by atoms with van der Waals surface area (Å²) in [6.07, 6.45) is -0.348. The van der Waals surface area contributed by atoms with Crippen LogP contribution >= 0.6 is 24.0 Å². The lowest BCUT2D eigenvalue weighted by Gasteiger charge is -2.40. The fourth-order valence-electron chi connectivity index (χ4n) is 2.66. The fourth-order valence-corrected chi connectivity index (χ4v) is 2.66. The van der Waals surface area contributed by atoms with Gasteiger partial charge in [-0.1, -0.05) is 6.42 Å². The molecule has 0 radical (unpaired) electrons. The number of methoxy groups -OCH3 is 1. The summed E-state index contributed by atoms with van der Waals surface area (Å²) in [7, 11) is 1.68. The Bertz CT molecular complexity index is 561. The second-order valence-corrected chi connectivity index (χ2v) is 6.00. The highest BCUT2D eigenvalue weighted by molar-refractivity contribution is 14.0. The highest BCUT2D eigenvalue weighted by atomic mass is 127. The first kappa shape index (κ1) is 21.8. The van der Waals surface area contributed by atoms with Crippen LogP contribution in [-0.4, -0.2) is 32.6 Å². The Morgan fingerprint density at radius 3 is 2.40 bits per heavy atom. The van der Waals surface area contributed by atoms with Gasteiger partial charge in [0.05, 0.1) is 0 Å². The average Bonchev–Trinajstić information content (AvgIpc) is 2.46. The largest absolute Gasteiger partial charge is 0.573 e. The summed E-state index contributed by atoms with van der Waals surface area (Å²) >= 11 is 0. The van der Waals surface area contributed by atoms with Gasteiger partial charge in [-0.25, -0.2) is 0 Å². The van der Waals surface area contributed by atoms with Crippen LogP contribution in [0.2, 0.25) is 0 Å². The number of hydrogen-bond acceptors (Lipinski definition) is 3. The summed E-state index contributed by atoms with van der Waals surface area (Å²) in [5, 5.41) is 2.87. The number of hydrogen-bond donors (Lipinski definition) is 2. The van der Waals surface area contributed by atoms with Crippen LogP contribution in [0.1, 0.15) is 25.7 Å². The van der Waals surface area contributed by atoms with Gasteiger partial charge in [0.15, 0.2) is 5.96 Å². The molecule has 2 rings (SSSR count). The number of alkyl halides is 3. The molecule has 1 aromatic rings. The van der Waals surface area contributed by atoms with Crippen molar-refractivity contribution in [1.82, 2.24) is 0 Å². The maximum atomic E-state index is 12.1. The van der Waals surface area contributed by atoms with Gasteiger partial charge in [0, 0.05) is 25.9 Å². The number of nitrogens with zero attached hydrogens (tertiary/aromatic N) is 1. The van der Waals surface area contributed by atoms with Crippen LogP contribution < -0.4 is 15.8 Å². The second kappa shape index (κ2) is 9.46. The lowest BCUT2D eigenvalue weighted by atomic mass is 9.67. The summed E-state index contributed by atoms with van der Waals surface area (Å²) in [6.45, 7) is 1.31. The van der Waals surface area contributed by atoms with E-state index < -0.39 is 6.36 Å². The van der Waals surface area contributed by atoms with Crippen LogP contribution in [0.3, 0.4) is 0 Å². The molecule has 3 N–H and O–H groups in total. The van der Waals surface area contributed by atoms with Crippen molar-refractivity contribution in [3.05, 3.63) is 24.3 Å². The first-order valence-corrected chi connectivity index (χ1v) is 7.74. The van der Waals surface area contributed by atoms with Crippen LogP contribution in [0.15, 0.2) is 29.3 Å². The van der Waals surface area contributed by atoms with E-state index in [1.807, 2.05) is 0 Å². The predicted molar refractivity (Wildman–Crippen MR) is 101 cm³/mol. The lowest BCUT2D eigenvalue weighted by Crippen LogP contribution is -2.35. The highest BCUT2D eigenvalue weighted by Crippen LogP contribution is 2.44. The smallest absolute Gasteiger partial charge is 0.406 e. The van der Waals surface area contributed by atoms with Crippen LogP contribution in [0.25, 0.3) is 0 Å². The third kappa shape index (κ3) is 7.27. The van der Waals surface area contributed by atoms with E-state index in [4.69, 9.17) is 10.5 Å². The van der Waals surface area contributed by atoms with Crippen molar-refractivity contribution in [3.8, 4) is 5.75 Å². The molecular weight excluding hydrogens is 450 g/mol. The Hall–Kier alpha value is -1.23. The molecule has 0 aliphatic heterocycles. The first-order chi connectivity index (χ1) is 11.3. The van der Waals surface area contributed by atoms with Gasteiger partial charge in [-0.05, 0) is 48.9 Å². The normalized spacial score (nSPS) is 16.6. The number of aliphatic imine (C=N–C) groups is 1.